The number of nitrogens with two attached hydrogens (primary N) is 1. The van der Waals surface area contributed by atoms with Crippen molar-refractivity contribution in [2.24, 2.45) is 11.1 Å². The third-order valence-electron chi connectivity index (χ3n) is 2.56. The molecule has 0 saturated carbocycles. The Morgan fingerprint density at radius 1 is 1.22 bits per heavy atom. The van der Waals surface area contributed by atoms with Crippen LogP contribution in [0.25, 0.3) is 0 Å². The minimum atomic E-state index is -3.39. The summed E-state index contributed by atoms with van der Waals surface area (Å²) in [6, 6.07) is 0. The minimum absolute atomic E-state index is 0.106. The molecule has 0 aliphatic carbocycles. The van der Waals surface area contributed by atoms with E-state index in [9.17, 15) is 8.42 Å². The van der Waals surface area contributed by atoms with Gasteiger partial charge in [0.25, 0.3) is 10.2 Å². The quantitative estimate of drug-likeness (QED) is 0.607. The lowest BCUT2D eigenvalue weighted by Gasteiger charge is -2.29. The SMILES string of the molecule is CN(C)CC(C)(C)CNS(=O)(=O)N(C)CCCN. The summed E-state index contributed by atoms with van der Waals surface area (Å²) >= 11 is 0. The number of hydrogen-bond donors (Lipinski definition) is 2. The van der Waals surface area contributed by atoms with Gasteiger partial charge in [-0.2, -0.15) is 12.7 Å². The summed E-state index contributed by atoms with van der Waals surface area (Å²) in [4.78, 5) is 2.05. The molecular weight excluding hydrogens is 252 g/mol. The van der Waals surface area contributed by atoms with E-state index in [1.807, 2.05) is 32.8 Å². The Hall–Kier alpha value is -0.210. The van der Waals surface area contributed by atoms with Crippen molar-refractivity contribution in [2.45, 2.75) is 20.3 Å². The van der Waals surface area contributed by atoms with Crippen LogP contribution in [0.3, 0.4) is 0 Å². The molecule has 0 heterocycles. The van der Waals surface area contributed by atoms with Crippen molar-refractivity contribution in [1.82, 2.24) is 13.9 Å². The van der Waals surface area contributed by atoms with Gasteiger partial charge >= 0.3 is 0 Å². The van der Waals surface area contributed by atoms with Crippen LogP contribution in [0.4, 0.5) is 0 Å². The highest BCUT2D eigenvalue weighted by atomic mass is 32.2. The Bertz CT molecular complexity index is 328. The highest BCUT2D eigenvalue weighted by molar-refractivity contribution is 7.87. The fourth-order valence-corrected chi connectivity index (χ4v) is 2.91. The Labute approximate surface area is 112 Å². The first-order valence-corrected chi connectivity index (χ1v) is 7.60. The van der Waals surface area contributed by atoms with Gasteiger partial charge in [-0.05, 0) is 32.5 Å². The van der Waals surface area contributed by atoms with Crippen LogP contribution in [0.15, 0.2) is 0 Å². The summed E-state index contributed by atoms with van der Waals surface area (Å²) in [7, 11) is 2.13. The molecule has 0 aromatic carbocycles. The van der Waals surface area contributed by atoms with E-state index in [-0.39, 0.29) is 5.41 Å². The predicted octanol–water partition coefficient (Wildman–Crippen LogP) is -0.311. The monoisotopic (exact) mass is 280 g/mol. The van der Waals surface area contributed by atoms with Gasteiger partial charge in [-0.25, -0.2) is 4.72 Å². The summed E-state index contributed by atoms with van der Waals surface area (Å²) in [6.45, 7) is 6.25. The van der Waals surface area contributed by atoms with Crippen molar-refractivity contribution in [2.75, 3.05) is 47.3 Å². The number of rotatable bonds is 9. The summed E-state index contributed by atoms with van der Waals surface area (Å²) in [6.07, 6.45) is 0.665. The zero-order chi connectivity index (χ0) is 14.4. The van der Waals surface area contributed by atoms with Crippen LogP contribution >= 0.6 is 0 Å². The van der Waals surface area contributed by atoms with Crippen molar-refractivity contribution in [3.05, 3.63) is 0 Å². The van der Waals surface area contributed by atoms with Gasteiger partial charge in [0, 0.05) is 26.7 Å². The highest BCUT2D eigenvalue weighted by Gasteiger charge is 2.24. The third kappa shape index (κ3) is 7.27. The van der Waals surface area contributed by atoms with Gasteiger partial charge in [-0.15, -0.1) is 0 Å². The topological polar surface area (TPSA) is 78.7 Å². The standard InChI is InChI=1S/C11H28N4O2S/c1-11(2,10-14(3)4)9-13-18(16,17)15(5)8-6-7-12/h13H,6-10,12H2,1-5H3. The number of hydrogen-bond acceptors (Lipinski definition) is 4. The lowest BCUT2D eigenvalue weighted by atomic mass is 9.93. The average Bonchev–Trinajstić information content (AvgIpc) is 2.21. The molecule has 0 radical (unpaired) electrons. The molecule has 18 heavy (non-hydrogen) atoms. The summed E-state index contributed by atoms with van der Waals surface area (Å²) in [5, 5.41) is 0. The van der Waals surface area contributed by atoms with Crippen LogP contribution in [0, 0.1) is 5.41 Å². The van der Waals surface area contributed by atoms with Crippen LogP contribution in [0.1, 0.15) is 20.3 Å². The normalized spacial score (nSPS) is 13.6. The number of nitrogens with zero attached hydrogens (tertiary/aromatic N) is 2. The first-order chi connectivity index (χ1) is 8.10. The first kappa shape index (κ1) is 17.8. The molecule has 0 rings (SSSR count). The van der Waals surface area contributed by atoms with Gasteiger partial charge in [0.15, 0.2) is 0 Å². The molecule has 0 aliphatic rings. The smallest absolute Gasteiger partial charge is 0.279 e. The number of nitrogens with one attached hydrogen (secondary N) is 1. The summed E-state index contributed by atoms with van der Waals surface area (Å²) < 4.78 is 27.8. The van der Waals surface area contributed by atoms with E-state index in [0.29, 0.717) is 26.1 Å². The lowest BCUT2D eigenvalue weighted by molar-refractivity contribution is 0.241. The molecule has 7 heteroatoms. The highest BCUT2D eigenvalue weighted by Crippen LogP contribution is 2.14. The fraction of sp³-hybridized carbons (Fsp3) is 1.00. The maximum absolute atomic E-state index is 11.9. The Kier molecular flexibility index (Phi) is 7.31. The molecule has 0 aliphatic heterocycles. The maximum Gasteiger partial charge on any atom is 0.279 e. The van der Waals surface area contributed by atoms with E-state index in [1.54, 1.807) is 7.05 Å². The van der Waals surface area contributed by atoms with Gasteiger partial charge in [-0.1, -0.05) is 13.8 Å². The third-order valence-corrected chi connectivity index (χ3v) is 4.08. The van der Waals surface area contributed by atoms with Crippen LogP contribution in [0.5, 0.6) is 0 Å². The van der Waals surface area contributed by atoms with Crippen molar-refractivity contribution < 1.29 is 8.42 Å². The molecule has 6 nitrogen and oxygen atoms in total. The van der Waals surface area contributed by atoms with E-state index in [0.717, 1.165) is 6.54 Å². The van der Waals surface area contributed by atoms with Gasteiger partial charge in [0.1, 0.15) is 0 Å². The molecule has 0 bridgehead atoms. The average molecular weight is 280 g/mol. The molecule has 0 atom stereocenters. The van der Waals surface area contributed by atoms with Gasteiger partial charge in [0.05, 0.1) is 0 Å². The molecule has 110 valence electrons. The molecule has 0 fully saturated rings. The van der Waals surface area contributed by atoms with E-state index >= 15 is 0 Å². The largest absolute Gasteiger partial charge is 0.330 e. The zero-order valence-electron chi connectivity index (χ0n) is 12.2. The van der Waals surface area contributed by atoms with Crippen molar-refractivity contribution in [1.29, 1.82) is 0 Å². The summed E-state index contributed by atoms with van der Waals surface area (Å²) in [5.41, 5.74) is 5.26. The van der Waals surface area contributed by atoms with E-state index < -0.39 is 10.2 Å². The molecular formula is C11H28N4O2S. The van der Waals surface area contributed by atoms with E-state index in [4.69, 9.17) is 5.73 Å². The molecule has 0 spiro atoms. The van der Waals surface area contributed by atoms with Crippen molar-refractivity contribution in [3.63, 3.8) is 0 Å². The van der Waals surface area contributed by atoms with Gasteiger partial charge < -0.3 is 10.6 Å². The molecule has 0 unspecified atom stereocenters. The second kappa shape index (κ2) is 7.40. The zero-order valence-corrected chi connectivity index (χ0v) is 13.0. The van der Waals surface area contributed by atoms with Crippen LogP contribution in [-0.2, 0) is 10.2 Å². The Balaban J connectivity index is 4.33. The molecule has 3 N–H and O–H groups in total. The van der Waals surface area contributed by atoms with Crippen molar-refractivity contribution >= 4 is 10.2 Å². The maximum atomic E-state index is 11.9. The second-order valence-corrected chi connectivity index (χ2v) is 7.55. The summed E-state index contributed by atoms with van der Waals surface area (Å²) in [5.74, 6) is 0. The molecule has 0 aromatic rings. The molecule has 0 amide bonds. The van der Waals surface area contributed by atoms with Crippen LogP contribution in [-0.4, -0.2) is 64.9 Å². The predicted molar refractivity (Wildman–Crippen MR) is 75.6 cm³/mol. The lowest BCUT2D eigenvalue weighted by Crippen LogP contribution is -2.45. The van der Waals surface area contributed by atoms with E-state index in [2.05, 4.69) is 4.72 Å². The second-order valence-electron chi connectivity index (χ2n) is 5.69. The van der Waals surface area contributed by atoms with Crippen LogP contribution in [0.2, 0.25) is 0 Å². The minimum Gasteiger partial charge on any atom is -0.330 e. The Morgan fingerprint density at radius 2 is 1.78 bits per heavy atom. The van der Waals surface area contributed by atoms with Gasteiger partial charge in [-0.3, -0.25) is 0 Å². The molecule has 0 aromatic heterocycles. The molecule has 0 saturated heterocycles. The Morgan fingerprint density at radius 3 is 2.22 bits per heavy atom. The van der Waals surface area contributed by atoms with E-state index in [1.165, 1.54) is 4.31 Å². The fourth-order valence-electron chi connectivity index (χ4n) is 1.74. The first-order valence-electron chi connectivity index (χ1n) is 6.16. The van der Waals surface area contributed by atoms with Crippen molar-refractivity contribution in [3.8, 4) is 0 Å². The van der Waals surface area contributed by atoms with Crippen LogP contribution < -0.4 is 10.5 Å². The van der Waals surface area contributed by atoms with Gasteiger partial charge in [0.2, 0.25) is 0 Å².